The van der Waals surface area contributed by atoms with Gasteiger partial charge in [-0.15, -0.1) is 0 Å². The van der Waals surface area contributed by atoms with Crippen molar-refractivity contribution in [2.24, 2.45) is 0 Å². The van der Waals surface area contributed by atoms with E-state index in [1.54, 1.807) is 18.7 Å². The van der Waals surface area contributed by atoms with E-state index in [0.29, 0.717) is 19.5 Å². The van der Waals surface area contributed by atoms with Crippen molar-refractivity contribution in [3.8, 4) is 0 Å². The second-order valence-electron chi connectivity index (χ2n) is 3.91. The van der Waals surface area contributed by atoms with Crippen LogP contribution in [0.3, 0.4) is 0 Å². The number of hydrogen-bond acceptors (Lipinski definition) is 3. The molecule has 1 amide bonds. The Morgan fingerprint density at radius 1 is 1.62 bits per heavy atom. The predicted molar refractivity (Wildman–Crippen MR) is 48.3 cm³/mol. The van der Waals surface area contributed by atoms with E-state index in [0.717, 1.165) is 0 Å². The van der Waals surface area contributed by atoms with Crippen molar-refractivity contribution in [1.29, 1.82) is 0 Å². The lowest BCUT2D eigenvalue weighted by atomic mass is 10.1. The topological polar surface area (TPSA) is 49.8 Å². The summed E-state index contributed by atoms with van der Waals surface area (Å²) >= 11 is 0. The molecule has 0 aromatic carbocycles. The quantitative estimate of drug-likeness (QED) is 0.662. The Hall–Kier alpha value is -0.610. The van der Waals surface area contributed by atoms with E-state index < -0.39 is 5.60 Å². The fraction of sp³-hybridized carbons (Fsp3) is 0.889. The van der Waals surface area contributed by atoms with Crippen LogP contribution in [-0.2, 0) is 9.53 Å². The van der Waals surface area contributed by atoms with E-state index in [-0.39, 0.29) is 12.0 Å². The molecule has 0 aromatic heterocycles. The number of aliphatic hydroxyl groups is 1. The number of rotatable bonds is 2. The van der Waals surface area contributed by atoms with Gasteiger partial charge in [-0.2, -0.15) is 0 Å². The lowest BCUT2D eigenvalue weighted by Crippen LogP contribution is -2.45. The highest BCUT2D eigenvalue weighted by Crippen LogP contribution is 2.17. The first-order chi connectivity index (χ1) is 5.97. The van der Waals surface area contributed by atoms with Crippen LogP contribution in [0.2, 0.25) is 0 Å². The largest absolute Gasteiger partial charge is 0.391 e. The van der Waals surface area contributed by atoms with Crippen LogP contribution in [0.25, 0.3) is 0 Å². The number of aliphatic hydroxyl groups excluding tert-OH is 1. The van der Waals surface area contributed by atoms with Crippen LogP contribution in [0.15, 0.2) is 0 Å². The first-order valence-corrected chi connectivity index (χ1v) is 4.50. The summed E-state index contributed by atoms with van der Waals surface area (Å²) < 4.78 is 5.07. The van der Waals surface area contributed by atoms with Gasteiger partial charge in [0.1, 0.15) is 5.60 Å². The van der Waals surface area contributed by atoms with Crippen LogP contribution in [0.5, 0.6) is 0 Å². The van der Waals surface area contributed by atoms with Gasteiger partial charge in [-0.25, -0.2) is 0 Å². The molecule has 1 aliphatic heterocycles. The fourth-order valence-electron chi connectivity index (χ4n) is 1.39. The number of amides is 1. The van der Waals surface area contributed by atoms with Gasteiger partial charge in [-0.1, -0.05) is 0 Å². The van der Waals surface area contributed by atoms with Crippen LogP contribution in [0, 0.1) is 0 Å². The lowest BCUT2D eigenvalue weighted by Gasteiger charge is -2.27. The third kappa shape index (κ3) is 2.19. The molecule has 0 saturated carbocycles. The Balaban J connectivity index is 2.58. The maximum atomic E-state index is 11.7. The highest BCUT2D eigenvalue weighted by molar-refractivity contribution is 5.84. The Morgan fingerprint density at radius 2 is 2.23 bits per heavy atom. The molecule has 0 unspecified atom stereocenters. The Morgan fingerprint density at radius 3 is 2.62 bits per heavy atom. The second kappa shape index (κ2) is 3.64. The molecule has 4 nitrogen and oxygen atoms in total. The number of hydrogen-bond donors (Lipinski definition) is 1. The van der Waals surface area contributed by atoms with Crippen molar-refractivity contribution in [3.63, 3.8) is 0 Å². The molecule has 1 saturated heterocycles. The van der Waals surface area contributed by atoms with Crippen molar-refractivity contribution < 1.29 is 14.6 Å². The molecular formula is C9H17NO3. The van der Waals surface area contributed by atoms with E-state index >= 15 is 0 Å². The summed E-state index contributed by atoms with van der Waals surface area (Å²) in [5.74, 6) is -0.0495. The highest BCUT2D eigenvalue weighted by atomic mass is 16.5. The molecule has 0 spiro atoms. The Labute approximate surface area is 78.5 Å². The molecule has 13 heavy (non-hydrogen) atoms. The van der Waals surface area contributed by atoms with Crippen LogP contribution >= 0.6 is 0 Å². The summed E-state index contributed by atoms with van der Waals surface area (Å²) in [7, 11) is 1.52. The van der Waals surface area contributed by atoms with Crippen LogP contribution < -0.4 is 0 Å². The Kier molecular flexibility index (Phi) is 2.93. The zero-order chi connectivity index (χ0) is 10.1. The molecule has 1 atom stereocenters. The molecule has 0 radical (unpaired) electrons. The molecule has 0 bridgehead atoms. The smallest absolute Gasteiger partial charge is 0.254 e. The number of methoxy groups -OCH3 is 1. The van der Waals surface area contributed by atoms with Gasteiger partial charge in [-0.05, 0) is 20.3 Å². The van der Waals surface area contributed by atoms with E-state index in [1.807, 2.05) is 0 Å². The van der Waals surface area contributed by atoms with Crippen LogP contribution in [-0.4, -0.2) is 47.8 Å². The summed E-state index contributed by atoms with van der Waals surface area (Å²) in [4.78, 5) is 13.4. The van der Waals surface area contributed by atoms with Gasteiger partial charge < -0.3 is 14.7 Å². The molecule has 1 fully saturated rings. The summed E-state index contributed by atoms with van der Waals surface area (Å²) in [6, 6.07) is 0. The van der Waals surface area contributed by atoms with E-state index in [9.17, 15) is 9.90 Å². The molecule has 0 aromatic rings. The third-order valence-electron chi connectivity index (χ3n) is 2.48. The second-order valence-corrected chi connectivity index (χ2v) is 3.91. The predicted octanol–water partition coefficient (Wildman–Crippen LogP) is 0.00460. The van der Waals surface area contributed by atoms with Gasteiger partial charge in [0.15, 0.2) is 0 Å². The zero-order valence-electron chi connectivity index (χ0n) is 8.41. The molecule has 1 heterocycles. The molecular weight excluding hydrogens is 170 g/mol. The van der Waals surface area contributed by atoms with Crippen molar-refractivity contribution in [2.75, 3.05) is 20.2 Å². The summed E-state index contributed by atoms with van der Waals surface area (Å²) in [5, 5.41) is 9.25. The number of β-amino-alcohol motifs (C(OH)–C–C–N with tert-alkyl or cyclic N) is 1. The van der Waals surface area contributed by atoms with Crippen LogP contribution in [0.1, 0.15) is 20.3 Å². The first-order valence-electron chi connectivity index (χ1n) is 4.50. The minimum Gasteiger partial charge on any atom is -0.391 e. The molecule has 1 aliphatic rings. The van der Waals surface area contributed by atoms with E-state index in [1.165, 1.54) is 7.11 Å². The SMILES string of the molecule is COC(C)(C)C(=O)N1CC[C@H](O)C1. The lowest BCUT2D eigenvalue weighted by molar-refractivity contribution is -0.150. The molecule has 0 aliphatic carbocycles. The number of nitrogens with zero attached hydrogens (tertiary/aromatic N) is 1. The molecule has 1 rings (SSSR count). The minimum atomic E-state index is -0.774. The van der Waals surface area contributed by atoms with Gasteiger partial charge >= 0.3 is 0 Å². The average molecular weight is 187 g/mol. The molecule has 1 N–H and O–H groups in total. The summed E-state index contributed by atoms with van der Waals surface area (Å²) in [6.07, 6.45) is 0.308. The number of carbonyl (C=O) groups excluding carboxylic acids is 1. The Bertz CT molecular complexity index is 203. The standard InChI is InChI=1S/C9H17NO3/c1-9(2,13-3)8(12)10-5-4-7(11)6-10/h7,11H,4-6H2,1-3H3/t7-/m0/s1. The normalized spacial score (nSPS) is 23.7. The number of carbonyl (C=O) groups is 1. The maximum Gasteiger partial charge on any atom is 0.254 e. The fourth-order valence-corrected chi connectivity index (χ4v) is 1.39. The first kappa shape index (κ1) is 10.5. The van der Waals surface area contributed by atoms with Gasteiger partial charge in [0, 0.05) is 20.2 Å². The average Bonchev–Trinajstić information content (AvgIpc) is 2.50. The van der Waals surface area contributed by atoms with Gasteiger partial charge in [0.25, 0.3) is 5.91 Å². The van der Waals surface area contributed by atoms with Crippen molar-refractivity contribution in [2.45, 2.75) is 32.0 Å². The number of likely N-dealkylation sites (tertiary alicyclic amines) is 1. The maximum absolute atomic E-state index is 11.7. The zero-order valence-corrected chi connectivity index (χ0v) is 8.41. The molecule has 76 valence electrons. The highest BCUT2D eigenvalue weighted by Gasteiger charge is 2.35. The molecule has 4 heteroatoms. The van der Waals surface area contributed by atoms with Crippen molar-refractivity contribution >= 4 is 5.91 Å². The summed E-state index contributed by atoms with van der Waals surface area (Å²) in [6.45, 7) is 4.54. The van der Waals surface area contributed by atoms with Gasteiger partial charge in [0.2, 0.25) is 0 Å². The van der Waals surface area contributed by atoms with E-state index in [2.05, 4.69) is 0 Å². The summed E-state index contributed by atoms with van der Waals surface area (Å²) in [5.41, 5.74) is -0.774. The number of ether oxygens (including phenoxy) is 1. The van der Waals surface area contributed by atoms with Crippen molar-refractivity contribution in [3.05, 3.63) is 0 Å². The van der Waals surface area contributed by atoms with Gasteiger partial charge in [-0.3, -0.25) is 4.79 Å². The van der Waals surface area contributed by atoms with Gasteiger partial charge in [0.05, 0.1) is 6.10 Å². The third-order valence-corrected chi connectivity index (χ3v) is 2.48. The van der Waals surface area contributed by atoms with Crippen molar-refractivity contribution in [1.82, 2.24) is 4.90 Å². The van der Waals surface area contributed by atoms with Crippen LogP contribution in [0.4, 0.5) is 0 Å². The van der Waals surface area contributed by atoms with E-state index in [4.69, 9.17) is 4.74 Å². The minimum absolute atomic E-state index is 0.0495. The monoisotopic (exact) mass is 187 g/mol.